The Balaban J connectivity index is 1.30. The van der Waals surface area contributed by atoms with Crippen molar-refractivity contribution < 1.29 is 0 Å². The number of rotatable bonds is 4. The molecule has 3 aromatic rings. The second-order valence-electron chi connectivity index (χ2n) is 7.42. The van der Waals surface area contributed by atoms with Gasteiger partial charge < -0.3 is 9.47 Å². The van der Waals surface area contributed by atoms with E-state index < -0.39 is 0 Å². The molecule has 1 unspecified atom stereocenters. The minimum absolute atomic E-state index is 0.521. The highest BCUT2D eigenvalue weighted by molar-refractivity contribution is 7.10. The molecular weight excluding hydrogens is 340 g/mol. The fourth-order valence-corrected chi connectivity index (χ4v) is 5.26. The molecule has 0 amide bonds. The maximum Gasteiger partial charge on any atom is 0.165 e. The van der Waals surface area contributed by atoms with Crippen molar-refractivity contribution in [2.24, 2.45) is 0 Å². The summed E-state index contributed by atoms with van der Waals surface area (Å²) < 4.78 is 2.41. The number of aromatic nitrogens is 3. The fourth-order valence-electron chi connectivity index (χ4n) is 4.35. The van der Waals surface area contributed by atoms with E-state index in [9.17, 15) is 0 Å². The van der Waals surface area contributed by atoms with Gasteiger partial charge in [0, 0.05) is 36.0 Å². The van der Waals surface area contributed by atoms with Crippen LogP contribution < -0.4 is 0 Å². The highest BCUT2D eigenvalue weighted by Crippen LogP contribution is 2.35. The van der Waals surface area contributed by atoms with Gasteiger partial charge in [-0.15, -0.1) is 21.5 Å². The van der Waals surface area contributed by atoms with Crippen molar-refractivity contribution in [2.45, 2.75) is 38.1 Å². The first kappa shape index (κ1) is 16.2. The molecule has 1 atom stereocenters. The molecule has 0 spiro atoms. The second-order valence-corrected chi connectivity index (χ2v) is 8.42. The minimum Gasteiger partial charge on any atom is -0.311 e. The van der Waals surface area contributed by atoms with Crippen LogP contribution in [0.4, 0.5) is 0 Å². The standard InChI is InChI=1S/C21H24N4S/c1-2-5-16(6-3-1)8-12-24-13-9-17(15-24)20-22-23-21-18-10-14-26-19(18)7-4-11-25(20)21/h1-3,5-6,10,14,17H,4,7-9,11-13,15H2. The molecule has 26 heavy (non-hydrogen) atoms. The average Bonchev–Trinajstić information content (AvgIpc) is 3.39. The highest BCUT2D eigenvalue weighted by atomic mass is 32.1. The molecule has 134 valence electrons. The number of hydrogen-bond acceptors (Lipinski definition) is 4. The summed E-state index contributed by atoms with van der Waals surface area (Å²) in [4.78, 5) is 4.06. The van der Waals surface area contributed by atoms with Crippen LogP contribution in [0.3, 0.4) is 0 Å². The van der Waals surface area contributed by atoms with Crippen LogP contribution >= 0.6 is 11.3 Å². The number of likely N-dealkylation sites (tertiary alicyclic amines) is 1. The van der Waals surface area contributed by atoms with Crippen molar-refractivity contribution in [1.29, 1.82) is 0 Å². The summed E-state index contributed by atoms with van der Waals surface area (Å²) in [6.45, 7) is 4.47. The Kier molecular flexibility index (Phi) is 4.35. The van der Waals surface area contributed by atoms with E-state index in [1.54, 1.807) is 0 Å². The van der Waals surface area contributed by atoms with E-state index in [0.717, 1.165) is 31.9 Å². The lowest BCUT2D eigenvalue weighted by atomic mass is 10.1. The molecule has 4 heterocycles. The van der Waals surface area contributed by atoms with Crippen LogP contribution in [0.1, 0.15) is 35.0 Å². The maximum atomic E-state index is 4.64. The lowest BCUT2D eigenvalue weighted by Gasteiger charge is -2.16. The summed E-state index contributed by atoms with van der Waals surface area (Å²) in [6.07, 6.45) is 4.69. The van der Waals surface area contributed by atoms with Crippen LogP contribution in [0.25, 0.3) is 11.4 Å². The van der Waals surface area contributed by atoms with E-state index in [4.69, 9.17) is 0 Å². The zero-order valence-electron chi connectivity index (χ0n) is 15.0. The van der Waals surface area contributed by atoms with Gasteiger partial charge in [-0.25, -0.2) is 0 Å². The second kappa shape index (κ2) is 6.97. The number of nitrogens with zero attached hydrogens (tertiary/aromatic N) is 4. The van der Waals surface area contributed by atoms with Crippen molar-refractivity contribution in [3.8, 4) is 11.4 Å². The topological polar surface area (TPSA) is 34.0 Å². The molecule has 4 nitrogen and oxygen atoms in total. The van der Waals surface area contributed by atoms with Gasteiger partial charge in [-0.2, -0.15) is 0 Å². The van der Waals surface area contributed by atoms with Gasteiger partial charge in [-0.05, 0) is 49.2 Å². The van der Waals surface area contributed by atoms with Gasteiger partial charge in [0.25, 0.3) is 0 Å². The molecule has 0 aliphatic carbocycles. The van der Waals surface area contributed by atoms with Crippen LogP contribution in [0.2, 0.25) is 0 Å². The van der Waals surface area contributed by atoms with E-state index in [2.05, 4.69) is 61.4 Å². The maximum absolute atomic E-state index is 4.64. The van der Waals surface area contributed by atoms with Crippen LogP contribution in [-0.2, 0) is 19.4 Å². The number of thiophene rings is 1. The van der Waals surface area contributed by atoms with Crippen LogP contribution in [-0.4, -0.2) is 39.3 Å². The molecule has 2 aromatic heterocycles. The summed E-state index contributed by atoms with van der Waals surface area (Å²) in [6, 6.07) is 13.0. The van der Waals surface area contributed by atoms with Gasteiger partial charge in [0.15, 0.2) is 5.82 Å². The van der Waals surface area contributed by atoms with E-state index >= 15 is 0 Å². The molecule has 1 fully saturated rings. The van der Waals surface area contributed by atoms with Crippen molar-refractivity contribution in [2.75, 3.05) is 19.6 Å². The minimum atomic E-state index is 0.521. The van der Waals surface area contributed by atoms with Crippen molar-refractivity contribution in [3.05, 3.63) is 58.0 Å². The summed E-state index contributed by atoms with van der Waals surface area (Å²) >= 11 is 1.86. The average molecular weight is 365 g/mol. The third kappa shape index (κ3) is 2.99. The third-order valence-electron chi connectivity index (χ3n) is 5.75. The smallest absolute Gasteiger partial charge is 0.165 e. The van der Waals surface area contributed by atoms with Gasteiger partial charge in [-0.3, -0.25) is 0 Å². The number of aryl methyl sites for hydroxylation is 1. The molecule has 1 saturated heterocycles. The molecule has 5 rings (SSSR count). The Bertz CT molecular complexity index is 883. The number of hydrogen-bond donors (Lipinski definition) is 0. The summed E-state index contributed by atoms with van der Waals surface area (Å²) in [5.74, 6) is 2.82. The van der Waals surface area contributed by atoms with Gasteiger partial charge in [0.05, 0.1) is 0 Å². The SMILES string of the molecule is c1ccc(CCN2CCC(c3nnc4n3CCCc3sccc3-4)C2)cc1. The first-order valence-corrected chi connectivity index (χ1v) is 10.5. The van der Waals surface area contributed by atoms with E-state index in [1.807, 2.05) is 11.3 Å². The van der Waals surface area contributed by atoms with E-state index in [0.29, 0.717) is 5.92 Å². The zero-order valence-corrected chi connectivity index (χ0v) is 15.8. The van der Waals surface area contributed by atoms with Gasteiger partial charge in [-0.1, -0.05) is 30.3 Å². The van der Waals surface area contributed by atoms with Crippen molar-refractivity contribution >= 4 is 11.3 Å². The molecule has 0 N–H and O–H groups in total. The Hall–Kier alpha value is -1.98. The number of fused-ring (bicyclic) bond motifs is 3. The Labute approximate surface area is 158 Å². The van der Waals surface area contributed by atoms with E-state index in [1.165, 1.54) is 47.6 Å². The predicted molar refractivity (Wildman–Crippen MR) is 106 cm³/mol. The van der Waals surface area contributed by atoms with Crippen LogP contribution in [0.5, 0.6) is 0 Å². The van der Waals surface area contributed by atoms with Gasteiger partial charge in [0.1, 0.15) is 5.82 Å². The summed E-state index contributed by atoms with van der Waals surface area (Å²) in [5, 5.41) is 11.4. The largest absolute Gasteiger partial charge is 0.311 e. The Morgan fingerprint density at radius 3 is 2.92 bits per heavy atom. The molecule has 0 saturated carbocycles. The molecule has 2 aliphatic rings. The highest BCUT2D eigenvalue weighted by Gasteiger charge is 2.30. The fraction of sp³-hybridized carbons (Fsp3) is 0.429. The van der Waals surface area contributed by atoms with Gasteiger partial charge in [0.2, 0.25) is 0 Å². The lowest BCUT2D eigenvalue weighted by Crippen LogP contribution is -2.23. The third-order valence-corrected chi connectivity index (χ3v) is 6.73. The first-order valence-electron chi connectivity index (χ1n) is 9.64. The monoisotopic (exact) mass is 364 g/mol. The zero-order chi connectivity index (χ0) is 17.3. The quantitative estimate of drug-likeness (QED) is 0.702. The van der Waals surface area contributed by atoms with Crippen LogP contribution in [0.15, 0.2) is 41.8 Å². The predicted octanol–water partition coefficient (Wildman–Crippen LogP) is 3.98. The first-order chi connectivity index (χ1) is 12.9. The lowest BCUT2D eigenvalue weighted by molar-refractivity contribution is 0.336. The van der Waals surface area contributed by atoms with Crippen molar-refractivity contribution in [3.63, 3.8) is 0 Å². The van der Waals surface area contributed by atoms with Crippen molar-refractivity contribution in [1.82, 2.24) is 19.7 Å². The molecule has 5 heteroatoms. The van der Waals surface area contributed by atoms with E-state index in [-0.39, 0.29) is 0 Å². The van der Waals surface area contributed by atoms with Crippen LogP contribution in [0, 0.1) is 0 Å². The molecule has 2 aliphatic heterocycles. The Morgan fingerprint density at radius 1 is 1.08 bits per heavy atom. The molecule has 0 radical (unpaired) electrons. The summed E-state index contributed by atoms with van der Waals surface area (Å²) in [5.41, 5.74) is 2.74. The normalized spacial score (nSPS) is 19.9. The Morgan fingerprint density at radius 2 is 2.00 bits per heavy atom. The number of benzene rings is 1. The van der Waals surface area contributed by atoms with Gasteiger partial charge >= 0.3 is 0 Å². The molecule has 1 aromatic carbocycles. The molecular formula is C21H24N4S. The summed E-state index contributed by atoms with van der Waals surface area (Å²) in [7, 11) is 0. The molecule has 0 bridgehead atoms.